The summed E-state index contributed by atoms with van der Waals surface area (Å²) >= 11 is 0. The molecule has 1 aromatic heterocycles. The van der Waals surface area contributed by atoms with Gasteiger partial charge in [-0.1, -0.05) is 18.2 Å². The molecule has 0 radical (unpaired) electrons. The molecule has 0 amide bonds. The smallest absolute Gasteiger partial charge is 0.134 e. The molecular weight excluding hydrogens is 224 g/mol. The third-order valence-electron chi connectivity index (χ3n) is 3.39. The lowest BCUT2D eigenvalue weighted by atomic mass is 9.98. The SMILES string of the molecule is CC(N)CCC(c1coc2ccccc12)N(C)C. The lowest BCUT2D eigenvalue weighted by Gasteiger charge is -2.24. The standard InChI is InChI=1S/C15H22N2O/c1-11(16)8-9-14(17(2)3)13-10-18-15-7-5-4-6-12(13)15/h4-7,10-11,14H,8-9,16H2,1-3H3. The first-order valence-electron chi connectivity index (χ1n) is 6.47. The number of furan rings is 1. The summed E-state index contributed by atoms with van der Waals surface area (Å²) in [5, 5.41) is 1.21. The Hall–Kier alpha value is -1.32. The Balaban J connectivity index is 2.30. The summed E-state index contributed by atoms with van der Waals surface area (Å²) in [6.45, 7) is 2.06. The van der Waals surface area contributed by atoms with Crippen LogP contribution in [0.2, 0.25) is 0 Å². The third kappa shape index (κ3) is 2.74. The van der Waals surface area contributed by atoms with Crippen LogP contribution >= 0.6 is 0 Å². The fraction of sp³-hybridized carbons (Fsp3) is 0.467. The zero-order valence-corrected chi connectivity index (χ0v) is 11.4. The minimum atomic E-state index is 0.241. The van der Waals surface area contributed by atoms with Gasteiger partial charge in [-0.05, 0) is 39.9 Å². The van der Waals surface area contributed by atoms with E-state index in [2.05, 4.69) is 38.1 Å². The van der Waals surface area contributed by atoms with E-state index in [1.54, 1.807) is 0 Å². The first-order valence-corrected chi connectivity index (χ1v) is 6.47. The Morgan fingerprint density at radius 3 is 2.61 bits per heavy atom. The van der Waals surface area contributed by atoms with E-state index in [0.29, 0.717) is 6.04 Å². The van der Waals surface area contributed by atoms with Crippen molar-refractivity contribution < 1.29 is 4.42 Å². The van der Waals surface area contributed by atoms with Crippen LogP contribution in [0.5, 0.6) is 0 Å². The molecule has 0 aliphatic heterocycles. The first-order chi connectivity index (χ1) is 8.59. The third-order valence-corrected chi connectivity index (χ3v) is 3.39. The van der Waals surface area contributed by atoms with Gasteiger partial charge in [0.25, 0.3) is 0 Å². The zero-order valence-electron chi connectivity index (χ0n) is 11.4. The van der Waals surface area contributed by atoms with Gasteiger partial charge in [-0.25, -0.2) is 0 Å². The van der Waals surface area contributed by atoms with E-state index in [9.17, 15) is 0 Å². The topological polar surface area (TPSA) is 42.4 Å². The fourth-order valence-electron chi connectivity index (χ4n) is 2.37. The van der Waals surface area contributed by atoms with Crippen molar-refractivity contribution in [3.05, 3.63) is 36.1 Å². The second-order valence-corrected chi connectivity index (χ2v) is 5.22. The second kappa shape index (κ2) is 5.55. The van der Waals surface area contributed by atoms with Gasteiger partial charge in [0.05, 0.1) is 6.26 Å². The van der Waals surface area contributed by atoms with Gasteiger partial charge in [0.15, 0.2) is 0 Å². The first kappa shape index (κ1) is 13.1. The van der Waals surface area contributed by atoms with Crippen molar-refractivity contribution in [1.29, 1.82) is 0 Å². The highest BCUT2D eigenvalue weighted by atomic mass is 16.3. The number of nitrogens with two attached hydrogens (primary N) is 1. The highest BCUT2D eigenvalue weighted by Gasteiger charge is 2.19. The molecular formula is C15H22N2O. The van der Waals surface area contributed by atoms with Crippen LogP contribution in [0.4, 0.5) is 0 Å². The molecule has 0 fully saturated rings. The molecule has 3 heteroatoms. The molecule has 0 bridgehead atoms. The Bertz CT molecular complexity index is 502. The van der Waals surface area contributed by atoms with Crippen LogP contribution in [0.15, 0.2) is 34.9 Å². The number of para-hydroxylation sites is 1. The van der Waals surface area contributed by atoms with Gasteiger partial charge in [0.2, 0.25) is 0 Å². The summed E-state index contributed by atoms with van der Waals surface area (Å²) in [6.07, 6.45) is 3.95. The number of nitrogens with zero attached hydrogens (tertiary/aromatic N) is 1. The van der Waals surface area contributed by atoms with E-state index < -0.39 is 0 Å². The summed E-state index contributed by atoms with van der Waals surface area (Å²) < 4.78 is 5.63. The van der Waals surface area contributed by atoms with E-state index in [4.69, 9.17) is 10.2 Å². The molecule has 0 saturated heterocycles. The average Bonchev–Trinajstić information content (AvgIpc) is 2.73. The van der Waals surface area contributed by atoms with Crippen LogP contribution < -0.4 is 5.73 Å². The maximum absolute atomic E-state index is 5.86. The summed E-state index contributed by atoms with van der Waals surface area (Å²) in [4.78, 5) is 2.24. The van der Waals surface area contributed by atoms with Crippen LogP contribution in [0, 0.1) is 0 Å². The average molecular weight is 246 g/mol. The summed E-state index contributed by atoms with van der Waals surface area (Å²) in [6, 6.07) is 8.79. The van der Waals surface area contributed by atoms with Gasteiger partial charge in [-0.15, -0.1) is 0 Å². The lowest BCUT2D eigenvalue weighted by molar-refractivity contribution is 0.274. The Morgan fingerprint density at radius 2 is 1.94 bits per heavy atom. The van der Waals surface area contributed by atoms with Gasteiger partial charge < -0.3 is 15.1 Å². The molecule has 2 unspecified atom stereocenters. The van der Waals surface area contributed by atoms with Crippen molar-refractivity contribution in [2.75, 3.05) is 14.1 Å². The summed E-state index contributed by atoms with van der Waals surface area (Å²) in [7, 11) is 4.21. The van der Waals surface area contributed by atoms with Crippen LogP contribution in [-0.2, 0) is 0 Å². The molecule has 2 rings (SSSR count). The number of hydrogen-bond acceptors (Lipinski definition) is 3. The highest BCUT2D eigenvalue weighted by molar-refractivity contribution is 5.81. The predicted molar refractivity (Wildman–Crippen MR) is 75.5 cm³/mol. The Morgan fingerprint density at radius 1 is 1.22 bits per heavy atom. The zero-order chi connectivity index (χ0) is 13.1. The molecule has 0 spiro atoms. The number of rotatable bonds is 5. The molecule has 18 heavy (non-hydrogen) atoms. The quantitative estimate of drug-likeness (QED) is 0.881. The van der Waals surface area contributed by atoms with E-state index in [-0.39, 0.29) is 6.04 Å². The van der Waals surface area contributed by atoms with Gasteiger partial charge in [0.1, 0.15) is 5.58 Å². The van der Waals surface area contributed by atoms with Crippen LogP contribution in [0.1, 0.15) is 31.4 Å². The predicted octanol–water partition coefficient (Wildman–Crippen LogP) is 3.16. The minimum absolute atomic E-state index is 0.241. The Kier molecular flexibility index (Phi) is 4.04. The van der Waals surface area contributed by atoms with Gasteiger partial charge in [-0.2, -0.15) is 0 Å². The summed E-state index contributed by atoms with van der Waals surface area (Å²) in [5.41, 5.74) is 8.08. The molecule has 2 N–H and O–H groups in total. The molecule has 0 aliphatic carbocycles. The highest BCUT2D eigenvalue weighted by Crippen LogP contribution is 2.31. The van der Waals surface area contributed by atoms with Crippen molar-refractivity contribution in [3.63, 3.8) is 0 Å². The molecule has 0 saturated carbocycles. The molecule has 0 aliphatic rings. The molecule has 2 atom stereocenters. The van der Waals surface area contributed by atoms with Crippen molar-refractivity contribution in [1.82, 2.24) is 4.90 Å². The van der Waals surface area contributed by atoms with Crippen molar-refractivity contribution >= 4 is 11.0 Å². The molecule has 2 aromatic rings. The van der Waals surface area contributed by atoms with E-state index >= 15 is 0 Å². The van der Waals surface area contributed by atoms with Crippen molar-refractivity contribution in [2.24, 2.45) is 5.73 Å². The molecule has 3 nitrogen and oxygen atoms in total. The second-order valence-electron chi connectivity index (χ2n) is 5.22. The van der Waals surface area contributed by atoms with E-state index in [0.717, 1.165) is 18.4 Å². The largest absolute Gasteiger partial charge is 0.464 e. The molecule has 1 aromatic carbocycles. The van der Waals surface area contributed by atoms with Gasteiger partial charge in [-0.3, -0.25) is 0 Å². The minimum Gasteiger partial charge on any atom is -0.464 e. The van der Waals surface area contributed by atoms with Crippen molar-refractivity contribution in [2.45, 2.75) is 31.8 Å². The maximum atomic E-state index is 5.86. The maximum Gasteiger partial charge on any atom is 0.134 e. The van der Waals surface area contributed by atoms with Gasteiger partial charge in [0, 0.05) is 23.0 Å². The van der Waals surface area contributed by atoms with Gasteiger partial charge >= 0.3 is 0 Å². The van der Waals surface area contributed by atoms with E-state index in [1.165, 1.54) is 10.9 Å². The Labute approximate surface area is 109 Å². The fourth-order valence-corrected chi connectivity index (χ4v) is 2.37. The lowest BCUT2D eigenvalue weighted by Crippen LogP contribution is -2.23. The monoisotopic (exact) mass is 246 g/mol. The molecule has 98 valence electrons. The number of fused-ring (bicyclic) bond motifs is 1. The van der Waals surface area contributed by atoms with Crippen LogP contribution in [-0.4, -0.2) is 25.0 Å². The molecule has 1 heterocycles. The van der Waals surface area contributed by atoms with Crippen LogP contribution in [0.25, 0.3) is 11.0 Å². The van der Waals surface area contributed by atoms with Crippen molar-refractivity contribution in [3.8, 4) is 0 Å². The summed E-state index contributed by atoms with van der Waals surface area (Å²) in [5.74, 6) is 0. The number of hydrogen-bond donors (Lipinski definition) is 1. The number of benzene rings is 1. The normalized spacial score (nSPS) is 15.2. The van der Waals surface area contributed by atoms with E-state index in [1.807, 2.05) is 18.4 Å². The van der Waals surface area contributed by atoms with Crippen LogP contribution in [0.3, 0.4) is 0 Å².